The highest BCUT2D eigenvalue weighted by Crippen LogP contribution is 2.40. The lowest BCUT2D eigenvalue weighted by molar-refractivity contribution is 1.28. The van der Waals surface area contributed by atoms with E-state index in [1.807, 2.05) is 36.9 Å². The first-order valence-electron chi connectivity index (χ1n) is 20.5. The standard InChI is InChI=1S/C56H35N5/c1-2-6-36(7-3-1)39-16-24-47-40(30-39)10-11-41-31-46(23-25-48(41)47)61(44-19-12-37(13-20-44)55-32-42-17-26-53-49(8-4-28-57-53)51(42)34-59-55)45-21-14-38(15-22-45)56-33-43-18-27-54-50(9-5-29-58-54)52(43)35-60-56/h1-35H. The number of anilines is 3. The highest BCUT2D eigenvalue weighted by atomic mass is 15.1. The lowest BCUT2D eigenvalue weighted by Gasteiger charge is -2.26. The van der Waals surface area contributed by atoms with Crippen molar-refractivity contribution in [2.75, 3.05) is 4.90 Å². The Labute approximate surface area is 351 Å². The molecule has 12 rings (SSSR count). The van der Waals surface area contributed by atoms with Crippen LogP contribution < -0.4 is 4.90 Å². The number of hydrogen-bond acceptors (Lipinski definition) is 5. The molecule has 4 aromatic heterocycles. The van der Waals surface area contributed by atoms with Gasteiger partial charge in [0.15, 0.2) is 0 Å². The summed E-state index contributed by atoms with van der Waals surface area (Å²) in [5.41, 5.74) is 11.5. The first-order valence-corrected chi connectivity index (χ1v) is 20.5. The Bertz CT molecular complexity index is 3480. The highest BCUT2D eigenvalue weighted by Gasteiger charge is 2.16. The van der Waals surface area contributed by atoms with Crippen molar-refractivity contribution in [1.29, 1.82) is 0 Å². The summed E-state index contributed by atoms with van der Waals surface area (Å²) in [7, 11) is 0. The van der Waals surface area contributed by atoms with E-state index in [1.54, 1.807) is 0 Å². The van der Waals surface area contributed by atoms with E-state index in [4.69, 9.17) is 9.97 Å². The third-order valence-electron chi connectivity index (χ3n) is 12.0. The second kappa shape index (κ2) is 14.2. The van der Waals surface area contributed by atoms with Crippen LogP contribution in [-0.4, -0.2) is 19.9 Å². The van der Waals surface area contributed by atoms with Crippen LogP contribution in [0.1, 0.15) is 0 Å². The molecule has 0 unspecified atom stereocenters. The van der Waals surface area contributed by atoms with Gasteiger partial charge in [-0.3, -0.25) is 19.9 Å². The zero-order valence-corrected chi connectivity index (χ0v) is 32.9. The molecular weight excluding hydrogens is 743 g/mol. The molecule has 0 N–H and O–H groups in total. The summed E-state index contributed by atoms with van der Waals surface area (Å²) >= 11 is 0. The van der Waals surface area contributed by atoms with E-state index in [-0.39, 0.29) is 0 Å². The topological polar surface area (TPSA) is 54.8 Å². The van der Waals surface area contributed by atoms with E-state index in [9.17, 15) is 0 Å². The molecule has 0 amide bonds. The van der Waals surface area contributed by atoms with Gasteiger partial charge in [0.25, 0.3) is 0 Å². The molecular formula is C56H35N5. The first kappa shape index (κ1) is 34.7. The average molecular weight is 778 g/mol. The van der Waals surface area contributed by atoms with Gasteiger partial charge in [0.2, 0.25) is 0 Å². The van der Waals surface area contributed by atoms with Gasteiger partial charge >= 0.3 is 0 Å². The van der Waals surface area contributed by atoms with E-state index in [1.165, 1.54) is 32.7 Å². The van der Waals surface area contributed by atoms with Gasteiger partial charge in [0, 0.05) is 74.5 Å². The first-order chi connectivity index (χ1) is 30.2. The Morgan fingerprint density at radius 3 is 1.33 bits per heavy atom. The molecule has 0 saturated carbocycles. The summed E-state index contributed by atoms with van der Waals surface area (Å²) in [5.74, 6) is 0. The monoisotopic (exact) mass is 777 g/mol. The minimum atomic E-state index is 0.929. The smallest absolute Gasteiger partial charge is 0.0708 e. The van der Waals surface area contributed by atoms with Crippen LogP contribution in [0.25, 0.3) is 98.5 Å². The Balaban J connectivity index is 0.934. The van der Waals surface area contributed by atoms with Crippen LogP contribution in [0.2, 0.25) is 0 Å². The van der Waals surface area contributed by atoms with Crippen LogP contribution >= 0.6 is 0 Å². The zero-order valence-electron chi connectivity index (χ0n) is 32.9. The molecule has 5 nitrogen and oxygen atoms in total. The van der Waals surface area contributed by atoms with Crippen LogP contribution in [0.4, 0.5) is 17.1 Å². The second-order valence-electron chi connectivity index (χ2n) is 15.6. The Morgan fingerprint density at radius 1 is 0.279 bits per heavy atom. The number of fused-ring (bicyclic) bond motifs is 9. The second-order valence-corrected chi connectivity index (χ2v) is 15.6. The molecule has 0 aliphatic heterocycles. The van der Waals surface area contributed by atoms with Crippen molar-refractivity contribution in [1.82, 2.24) is 19.9 Å². The molecule has 8 aromatic carbocycles. The SMILES string of the molecule is c1ccc(-c2ccc3c(ccc4cc(N(c5ccc(-c6cc7ccc8ncccc8c7cn6)cc5)c5ccc(-c6cc7ccc8ncccc8c7cn6)cc5)ccc43)c2)cc1. The molecule has 0 aliphatic carbocycles. The van der Waals surface area contributed by atoms with Crippen molar-refractivity contribution < 1.29 is 0 Å². The van der Waals surface area contributed by atoms with Gasteiger partial charge in [-0.1, -0.05) is 109 Å². The van der Waals surface area contributed by atoms with Gasteiger partial charge in [-0.05, 0) is 122 Å². The van der Waals surface area contributed by atoms with E-state index < -0.39 is 0 Å². The molecule has 0 fully saturated rings. The largest absolute Gasteiger partial charge is 0.310 e. The summed E-state index contributed by atoms with van der Waals surface area (Å²) < 4.78 is 0. The number of rotatable bonds is 6. The van der Waals surface area contributed by atoms with Gasteiger partial charge in [-0.2, -0.15) is 0 Å². The Hall–Kier alpha value is -8.28. The van der Waals surface area contributed by atoms with Gasteiger partial charge in [0.1, 0.15) is 0 Å². The van der Waals surface area contributed by atoms with Crippen LogP contribution in [0.3, 0.4) is 0 Å². The van der Waals surface area contributed by atoms with Crippen LogP contribution in [0.5, 0.6) is 0 Å². The molecule has 284 valence electrons. The quantitative estimate of drug-likeness (QED) is 0.157. The zero-order chi connectivity index (χ0) is 40.3. The molecule has 0 bridgehead atoms. The van der Waals surface area contributed by atoms with E-state index in [2.05, 4.69) is 191 Å². The fourth-order valence-electron chi connectivity index (χ4n) is 8.89. The van der Waals surface area contributed by atoms with E-state index in [0.717, 1.165) is 82.9 Å². The van der Waals surface area contributed by atoms with Crippen molar-refractivity contribution in [3.8, 4) is 33.6 Å². The maximum atomic E-state index is 4.92. The van der Waals surface area contributed by atoms with Crippen molar-refractivity contribution >= 4 is 82.0 Å². The molecule has 0 atom stereocenters. The van der Waals surface area contributed by atoms with Crippen molar-refractivity contribution in [3.63, 3.8) is 0 Å². The Morgan fingerprint density at radius 2 is 0.754 bits per heavy atom. The molecule has 12 aromatic rings. The summed E-state index contributed by atoms with van der Waals surface area (Å²) in [6, 6.07) is 67.1. The highest BCUT2D eigenvalue weighted by molar-refractivity contribution is 6.10. The number of pyridine rings is 4. The molecule has 0 spiro atoms. The van der Waals surface area contributed by atoms with E-state index in [0.29, 0.717) is 0 Å². The number of benzene rings is 8. The van der Waals surface area contributed by atoms with E-state index >= 15 is 0 Å². The van der Waals surface area contributed by atoms with Gasteiger partial charge < -0.3 is 4.90 Å². The number of aromatic nitrogens is 4. The molecule has 5 heteroatoms. The summed E-state index contributed by atoms with van der Waals surface area (Å²) in [6.07, 6.45) is 7.61. The van der Waals surface area contributed by atoms with Crippen molar-refractivity contribution in [2.24, 2.45) is 0 Å². The van der Waals surface area contributed by atoms with Crippen molar-refractivity contribution in [3.05, 3.63) is 213 Å². The summed E-state index contributed by atoms with van der Waals surface area (Å²) in [4.78, 5) is 21.2. The maximum absolute atomic E-state index is 4.92. The predicted molar refractivity (Wildman–Crippen MR) is 254 cm³/mol. The fraction of sp³-hybridized carbons (Fsp3) is 0. The normalized spacial score (nSPS) is 11.6. The Kier molecular flexibility index (Phi) is 8.10. The summed E-state index contributed by atoms with van der Waals surface area (Å²) in [6.45, 7) is 0. The molecule has 4 heterocycles. The van der Waals surface area contributed by atoms with Gasteiger partial charge in [0.05, 0.1) is 22.4 Å². The predicted octanol–water partition coefficient (Wildman–Crippen LogP) is 14.7. The fourth-order valence-corrected chi connectivity index (χ4v) is 8.89. The van der Waals surface area contributed by atoms with Crippen LogP contribution in [0, 0.1) is 0 Å². The number of hydrogen-bond donors (Lipinski definition) is 0. The average Bonchev–Trinajstić information content (AvgIpc) is 3.34. The summed E-state index contributed by atoms with van der Waals surface area (Å²) in [5, 5.41) is 11.6. The minimum absolute atomic E-state index is 0.929. The molecule has 0 saturated heterocycles. The lowest BCUT2D eigenvalue weighted by atomic mass is 9.97. The third-order valence-corrected chi connectivity index (χ3v) is 12.0. The lowest BCUT2D eigenvalue weighted by Crippen LogP contribution is -2.10. The molecule has 0 radical (unpaired) electrons. The van der Waals surface area contributed by atoms with Crippen LogP contribution in [0.15, 0.2) is 213 Å². The molecule has 61 heavy (non-hydrogen) atoms. The molecule has 0 aliphatic rings. The van der Waals surface area contributed by atoms with Crippen LogP contribution in [-0.2, 0) is 0 Å². The minimum Gasteiger partial charge on any atom is -0.310 e. The van der Waals surface area contributed by atoms with Gasteiger partial charge in [-0.15, -0.1) is 0 Å². The van der Waals surface area contributed by atoms with Crippen molar-refractivity contribution in [2.45, 2.75) is 0 Å². The third kappa shape index (κ3) is 6.10. The number of nitrogens with zero attached hydrogens (tertiary/aromatic N) is 5. The van der Waals surface area contributed by atoms with Gasteiger partial charge in [-0.25, -0.2) is 0 Å². The maximum Gasteiger partial charge on any atom is 0.0708 e.